The summed E-state index contributed by atoms with van der Waals surface area (Å²) in [7, 11) is 0. The van der Waals surface area contributed by atoms with Gasteiger partial charge >= 0.3 is 5.97 Å². The van der Waals surface area contributed by atoms with Gasteiger partial charge in [0.2, 0.25) is 0 Å². The average molecular weight is 226 g/mol. The third-order valence-corrected chi connectivity index (χ3v) is 4.12. The lowest BCUT2D eigenvalue weighted by Gasteiger charge is -2.23. The van der Waals surface area contributed by atoms with Gasteiger partial charge in [-0.25, -0.2) is 0 Å². The van der Waals surface area contributed by atoms with E-state index in [4.69, 9.17) is 10.5 Å². The van der Waals surface area contributed by atoms with Crippen molar-refractivity contribution in [3.8, 4) is 0 Å². The topological polar surface area (TPSA) is 55.6 Å². The monoisotopic (exact) mass is 226 g/mol. The zero-order valence-corrected chi connectivity index (χ0v) is 10.2. The van der Waals surface area contributed by atoms with E-state index < -0.39 is 0 Å². The molecule has 4 atom stereocenters. The van der Waals surface area contributed by atoms with Crippen LogP contribution in [0, 0.1) is 11.8 Å². The maximum Gasteiger partial charge on any atom is 0.323 e. The summed E-state index contributed by atoms with van der Waals surface area (Å²) in [5.74, 6) is 1.19. The Hall–Kier alpha value is -0.610. The van der Waals surface area contributed by atoms with Crippen LogP contribution >= 0.6 is 0 Å². The highest BCUT2D eigenvalue weighted by molar-refractivity contribution is 5.75. The lowest BCUT2D eigenvalue weighted by Crippen LogP contribution is -2.40. The minimum absolute atomic E-state index is 0.101. The molecule has 2 aliphatic rings. The van der Waals surface area contributed by atoms with Gasteiger partial charge in [0.1, 0.15) is 6.04 Å². The van der Waals surface area contributed by atoms with Crippen LogP contribution in [-0.4, -0.2) is 42.6 Å². The van der Waals surface area contributed by atoms with Gasteiger partial charge in [-0.3, -0.25) is 9.69 Å². The Kier molecular flexibility index (Phi) is 3.50. The van der Waals surface area contributed by atoms with E-state index in [9.17, 15) is 4.79 Å². The SMILES string of the molecule is CCOC(=O)C(C)N1CC2CCC(N)C2C1. The normalized spacial score (nSPS) is 36.1. The first-order chi connectivity index (χ1) is 7.63. The molecule has 1 saturated carbocycles. The number of nitrogens with zero attached hydrogens (tertiary/aromatic N) is 1. The van der Waals surface area contributed by atoms with E-state index in [1.807, 2.05) is 13.8 Å². The molecule has 1 saturated heterocycles. The summed E-state index contributed by atoms with van der Waals surface area (Å²) < 4.78 is 5.05. The molecule has 0 spiro atoms. The molecule has 1 heterocycles. The van der Waals surface area contributed by atoms with Crippen molar-refractivity contribution < 1.29 is 9.53 Å². The van der Waals surface area contributed by atoms with E-state index in [1.54, 1.807) is 0 Å². The summed E-state index contributed by atoms with van der Waals surface area (Å²) >= 11 is 0. The van der Waals surface area contributed by atoms with Crippen molar-refractivity contribution in [2.45, 2.75) is 38.8 Å². The van der Waals surface area contributed by atoms with Crippen LogP contribution in [0.25, 0.3) is 0 Å². The molecule has 0 bridgehead atoms. The highest BCUT2D eigenvalue weighted by Crippen LogP contribution is 2.37. The van der Waals surface area contributed by atoms with E-state index >= 15 is 0 Å². The predicted octanol–water partition coefficient (Wildman–Crippen LogP) is 0.607. The van der Waals surface area contributed by atoms with Crippen LogP contribution in [0.4, 0.5) is 0 Å². The van der Waals surface area contributed by atoms with Crippen LogP contribution in [0.15, 0.2) is 0 Å². The zero-order valence-electron chi connectivity index (χ0n) is 10.2. The molecule has 1 aliphatic heterocycles. The Morgan fingerprint density at radius 1 is 1.50 bits per heavy atom. The van der Waals surface area contributed by atoms with Crippen LogP contribution in [-0.2, 0) is 9.53 Å². The number of rotatable bonds is 3. The second kappa shape index (κ2) is 4.72. The van der Waals surface area contributed by atoms with Crippen LogP contribution in [0.2, 0.25) is 0 Å². The number of esters is 1. The molecule has 4 heteroatoms. The average Bonchev–Trinajstić information content (AvgIpc) is 2.81. The van der Waals surface area contributed by atoms with Gasteiger partial charge in [0.15, 0.2) is 0 Å². The molecule has 16 heavy (non-hydrogen) atoms. The minimum atomic E-state index is -0.113. The second-order valence-electron chi connectivity index (χ2n) is 5.05. The Morgan fingerprint density at radius 2 is 2.25 bits per heavy atom. The molecule has 0 amide bonds. The number of nitrogens with two attached hydrogens (primary N) is 1. The Balaban J connectivity index is 1.91. The fourth-order valence-corrected chi connectivity index (χ4v) is 3.07. The van der Waals surface area contributed by atoms with Crippen molar-refractivity contribution in [3.63, 3.8) is 0 Å². The number of fused-ring (bicyclic) bond motifs is 1. The molecule has 0 aromatic heterocycles. The molecule has 2 fully saturated rings. The van der Waals surface area contributed by atoms with Gasteiger partial charge in [0, 0.05) is 19.1 Å². The van der Waals surface area contributed by atoms with E-state index in [2.05, 4.69) is 4.90 Å². The van der Waals surface area contributed by atoms with Crippen molar-refractivity contribution in [2.24, 2.45) is 17.6 Å². The molecule has 1 aliphatic carbocycles. The number of carbonyl (C=O) groups is 1. The maximum atomic E-state index is 11.6. The molecule has 92 valence electrons. The standard InChI is InChI=1S/C12H22N2O2/c1-3-16-12(15)8(2)14-6-9-4-5-11(13)10(9)7-14/h8-11H,3-7,13H2,1-2H3. The summed E-state index contributed by atoms with van der Waals surface area (Å²) in [4.78, 5) is 13.9. The zero-order chi connectivity index (χ0) is 11.7. The molecule has 0 aromatic carbocycles. The van der Waals surface area contributed by atoms with Gasteiger partial charge < -0.3 is 10.5 Å². The third-order valence-electron chi connectivity index (χ3n) is 4.12. The van der Waals surface area contributed by atoms with Gasteiger partial charge in [0.25, 0.3) is 0 Å². The number of likely N-dealkylation sites (tertiary alicyclic amines) is 1. The Morgan fingerprint density at radius 3 is 2.88 bits per heavy atom. The van der Waals surface area contributed by atoms with Crippen molar-refractivity contribution >= 4 is 5.97 Å². The van der Waals surface area contributed by atoms with Crippen LogP contribution in [0.5, 0.6) is 0 Å². The third kappa shape index (κ3) is 2.09. The quantitative estimate of drug-likeness (QED) is 0.716. The summed E-state index contributed by atoms with van der Waals surface area (Å²) in [6.45, 7) is 6.22. The molecule has 0 aromatic rings. The summed E-state index contributed by atoms with van der Waals surface area (Å²) in [5, 5.41) is 0. The Labute approximate surface area is 97.1 Å². The first kappa shape index (κ1) is 11.9. The smallest absolute Gasteiger partial charge is 0.323 e. The minimum Gasteiger partial charge on any atom is -0.465 e. The summed E-state index contributed by atoms with van der Waals surface area (Å²) in [6, 6.07) is 0.224. The van der Waals surface area contributed by atoms with E-state index in [-0.39, 0.29) is 12.0 Å². The van der Waals surface area contributed by atoms with Crippen molar-refractivity contribution in [1.29, 1.82) is 0 Å². The van der Waals surface area contributed by atoms with Gasteiger partial charge in [0.05, 0.1) is 6.61 Å². The van der Waals surface area contributed by atoms with Crippen molar-refractivity contribution in [2.75, 3.05) is 19.7 Å². The first-order valence-corrected chi connectivity index (χ1v) is 6.29. The highest BCUT2D eigenvalue weighted by Gasteiger charge is 2.43. The lowest BCUT2D eigenvalue weighted by molar-refractivity contribution is -0.148. The largest absolute Gasteiger partial charge is 0.465 e. The number of hydrogen-bond donors (Lipinski definition) is 1. The maximum absolute atomic E-state index is 11.6. The number of ether oxygens (including phenoxy) is 1. The molecule has 2 rings (SSSR count). The number of carbonyl (C=O) groups excluding carboxylic acids is 1. The van der Waals surface area contributed by atoms with Crippen LogP contribution in [0.3, 0.4) is 0 Å². The number of hydrogen-bond acceptors (Lipinski definition) is 4. The van der Waals surface area contributed by atoms with Crippen molar-refractivity contribution in [1.82, 2.24) is 4.90 Å². The fraction of sp³-hybridized carbons (Fsp3) is 0.917. The lowest BCUT2D eigenvalue weighted by atomic mass is 9.98. The van der Waals surface area contributed by atoms with Gasteiger partial charge in [-0.05, 0) is 38.5 Å². The molecular weight excluding hydrogens is 204 g/mol. The molecule has 4 unspecified atom stereocenters. The van der Waals surface area contributed by atoms with E-state index in [0.717, 1.165) is 19.5 Å². The van der Waals surface area contributed by atoms with E-state index in [0.29, 0.717) is 24.5 Å². The first-order valence-electron chi connectivity index (χ1n) is 6.29. The van der Waals surface area contributed by atoms with E-state index in [1.165, 1.54) is 6.42 Å². The van der Waals surface area contributed by atoms with Crippen molar-refractivity contribution in [3.05, 3.63) is 0 Å². The Bertz CT molecular complexity index is 270. The predicted molar refractivity (Wildman–Crippen MR) is 61.9 cm³/mol. The van der Waals surface area contributed by atoms with Gasteiger partial charge in [-0.2, -0.15) is 0 Å². The molecule has 0 radical (unpaired) electrons. The highest BCUT2D eigenvalue weighted by atomic mass is 16.5. The van der Waals surface area contributed by atoms with Gasteiger partial charge in [-0.1, -0.05) is 0 Å². The molecular formula is C12H22N2O2. The van der Waals surface area contributed by atoms with Gasteiger partial charge in [-0.15, -0.1) is 0 Å². The molecule has 4 nitrogen and oxygen atoms in total. The van der Waals surface area contributed by atoms with Crippen LogP contribution in [0.1, 0.15) is 26.7 Å². The second-order valence-corrected chi connectivity index (χ2v) is 5.05. The van der Waals surface area contributed by atoms with Crippen LogP contribution < -0.4 is 5.73 Å². The summed E-state index contributed by atoms with van der Waals surface area (Å²) in [6.07, 6.45) is 2.37. The molecule has 2 N–H and O–H groups in total. The fourth-order valence-electron chi connectivity index (χ4n) is 3.07. The summed E-state index contributed by atoms with van der Waals surface area (Å²) in [5.41, 5.74) is 6.07.